The highest BCUT2D eigenvalue weighted by Crippen LogP contribution is 1.94. The van der Waals surface area contributed by atoms with Gasteiger partial charge in [0.05, 0.1) is 0 Å². The minimum Gasteiger partial charge on any atom is -0.480 e. The van der Waals surface area contributed by atoms with Crippen LogP contribution >= 0.6 is 0 Å². The van der Waals surface area contributed by atoms with Crippen molar-refractivity contribution in [1.82, 2.24) is 0 Å². The fraction of sp³-hybridized carbons (Fsp3) is 0.200. The van der Waals surface area contributed by atoms with Crippen LogP contribution in [0.1, 0.15) is 0 Å². The van der Waals surface area contributed by atoms with Gasteiger partial charge in [-0.1, -0.05) is 6.08 Å². The van der Waals surface area contributed by atoms with E-state index in [2.05, 4.69) is 12.3 Å². The Kier molecular flexibility index (Phi) is 2.44. The zero-order valence-corrected chi connectivity index (χ0v) is 4.70. The normalized spacial score (nSPS) is 12.0. The highest BCUT2D eigenvalue weighted by molar-refractivity contribution is 5.97. The lowest BCUT2D eigenvalue weighted by Gasteiger charge is -1.97. The van der Waals surface area contributed by atoms with E-state index in [0.29, 0.717) is 0 Å². The smallest absolute Gasteiger partial charge is 0.319 e. The third-order valence-corrected chi connectivity index (χ3v) is 0.808. The number of hydrogen-bond acceptors (Lipinski definition) is 2. The molecule has 0 saturated heterocycles. The van der Waals surface area contributed by atoms with Crippen LogP contribution < -0.4 is 5.73 Å². The number of carboxylic acid groups (broad SMARTS) is 1. The van der Waals surface area contributed by atoms with Gasteiger partial charge in [-0.25, -0.2) is 0 Å². The van der Waals surface area contributed by atoms with Gasteiger partial charge >= 0.3 is 5.97 Å². The van der Waals surface area contributed by atoms with Gasteiger partial charge in [-0.05, 0) is 0 Å². The molecular weight excluding hydrogens is 122 g/mol. The van der Waals surface area contributed by atoms with Crippen molar-refractivity contribution in [3.63, 3.8) is 0 Å². The molecule has 50 valence electrons. The molecule has 1 atom stereocenters. The Labute approximate surface area is 52.0 Å². The zero-order chi connectivity index (χ0) is 7.44. The Bertz CT molecular complexity index is 138. The average Bonchev–Trinajstić information content (AvgIpc) is 1.64. The minimum atomic E-state index is -1.27. The number of amides is 1. The third kappa shape index (κ3) is 1.94. The molecule has 0 radical (unpaired) electrons. The number of aliphatic carboxylic acids is 1. The van der Waals surface area contributed by atoms with Gasteiger partial charge in [-0.15, -0.1) is 6.58 Å². The number of rotatable bonds is 3. The second-order valence-electron chi connectivity index (χ2n) is 1.45. The topological polar surface area (TPSA) is 80.4 Å². The van der Waals surface area contributed by atoms with Crippen LogP contribution in [0.25, 0.3) is 0 Å². The van der Waals surface area contributed by atoms with Crippen molar-refractivity contribution in [3.05, 3.63) is 12.7 Å². The Hall–Kier alpha value is -1.32. The predicted molar refractivity (Wildman–Crippen MR) is 30.5 cm³/mol. The van der Waals surface area contributed by atoms with Crippen molar-refractivity contribution in [3.8, 4) is 0 Å². The van der Waals surface area contributed by atoms with Gasteiger partial charge in [0.25, 0.3) is 0 Å². The molecule has 0 heterocycles. The van der Waals surface area contributed by atoms with Crippen molar-refractivity contribution in [2.45, 2.75) is 0 Å². The summed E-state index contributed by atoms with van der Waals surface area (Å²) in [5.41, 5.74) is 4.66. The summed E-state index contributed by atoms with van der Waals surface area (Å²) in [4.78, 5) is 20.1. The number of carboxylic acids is 1. The van der Waals surface area contributed by atoms with Crippen LogP contribution in [0.4, 0.5) is 0 Å². The Morgan fingerprint density at radius 3 is 2.11 bits per heavy atom. The van der Waals surface area contributed by atoms with Gasteiger partial charge in [0.2, 0.25) is 5.91 Å². The fourth-order valence-corrected chi connectivity index (χ4v) is 0.339. The van der Waals surface area contributed by atoms with Gasteiger partial charge < -0.3 is 10.8 Å². The Morgan fingerprint density at radius 1 is 1.67 bits per heavy atom. The van der Waals surface area contributed by atoms with Gasteiger partial charge in [-0.2, -0.15) is 0 Å². The maximum Gasteiger partial charge on any atom is 0.319 e. The summed E-state index contributed by atoms with van der Waals surface area (Å²) < 4.78 is 0. The van der Waals surface area contributed by atoms with Gasteiger partial charge in [0, 0.05) is 0 Å². The molecule has 0 spiro atoms. The summed E-state index contributed by atoms with van der Waals surface area (Å²) in [6.07, 6.45) is 0.991. The largest absolute Gasteiger partial charge is 0.480 e. The Balaban J connectivity index is 4.16. The summed E-state index contributed by atoms with van der Waals surface area (Å²) in [6, 6.07) is 0. The number of carbonyl (C=O) groups excluding carboxylic acids is 1. The van der Waals surface area contributed by atoms with E-state index in [1.807, 2.05) is 0 Å². The zero-order valence-electron chi connectivity index (χ0n) is 4.70. The average molecular weight is 129 g/mol. The molecule has 0 fully saturated rings. The number of nitrogens with two attached hydrogens (primary N) is 1. The van der Waals surface area contributed by atoms with Crippen molar-refractivity contribution in [1.29, 1.82) is 0 Å². The molecule has 0 aliphatic heterocycles. The van der Waals surface area contributed by atoms with Crippen LogP contribution in [0, 0.1) is 5.92 Å². The first-order valence-corrected chi connectivity index (χ1v) is 2.24. The molecule has 0 saturated carbocycles. The van der Waals surface area contributed by atoms with E-state index in [1.165, 1.54) is 0 Å². The summed E-state index contributed by atoms with van der Waals surface area (Å²) in [6.45, 7) is 3.12. The quantitative estimate of drug-likeness (QED) is 0.393. The number of primary amides is 1. The summed E-state index contributed by atoms with van der Waals surface area (Å²) in [5.74, 6) is -3.42. The highest BCUT2D eigenvalue weighted by Gasteiger charge is 2.18. The van der Waals surface area contributed by atoms with Crippen LogP contribution in [0.2, 0.25) is 0 Å². The Morgan fingerprint density at radius 2 is 2.11 bits per heavy atom. The molecule has 0 aliphatic carbocycles. The molecular formula is C5H7NO3. The lowest BCUT2D eigenvalue weighted by atomic mass is 10.1. The number of carbonyl (C=O) groups is 2. The second-order valence-corrected chi connectivity index (χ2v) is 1.45. The van der Waals surface area contributed by atoms with Crippen molar-refractivity contribution in [2.75, 3.05) is 0 Å². The molecule has 0 bridgehead atoms. The van der Waals surface area contributed by atoms with E-state index in [0.717, 1.165) is 6.08 Å². The van der Waals surface area contributed by atoms with E-state index in [1.54, 1.807) is 0 Å². The van der Waals surface area contributed by atoms with E-state index in [4.69, 9.17) is 5.11 Å². The van der Waals surface area contributed by atoms with E-state index < -0.39 is 17.8 Å². The summed E-state index contributed by atoms with van der Waals surface area (Å²) in [7, 11) is 0. The minimum absolute atomic E-state index is 0.891. The van der Waals surface area contributed by atoms with Gasteiger partial charge in [0.15, 0.2) is 5.92 Å². The predicted octanol–water partition coefficient (Wildman–Crippen LogP) is -0.642. The molecule has 1 amide bonds. The molecule has 0 rings (SSSR count). The number of hydrogen-bond donors (Lipinski definition) is 2. The molecule has 9 heavy (non-hydrogen) atoms. The van der Waals surface area contributed by atoms with Crippen LogP contribution in [0.5, 0.6) is 0 Å². The highest BCUT2D eigenvalue weighted by atomic mass is 16.4. The molecule has 0 aromatic heterocycles. The maximum absolute atomic E-state index is 10.1. The second kappa shape index (κ2) is 2.86. The standard InChI is InChI=1S/C5H7NO3/c1-2-3(4(6)7)5(8)9/h2-3H,1H2,(H2,6,7)(H,8,9). The molecule has 0 aliphatic rings. The third-order valence-electron chi connectivity index (χ3n) is 0.808. The first-order valence-electron chi connectivity index (χ1n) is 2.24. The van der Waals surface area contributed by atoms with Crippen LogP contribution in [0.3, 0.4) is 0 Å². The van der Waals surface area contributed by atoms with Crippen LogP contribution in [-0.4, -0.2) is 17.0 Å². The lowest BCUT2D eigenvalue weighted by Crippen LogP contribution is -2.28. The molecule has 0 aromatic carbocycles. The molecule has 3 N–H and O–H groups in total. The maximum atomic E-state index is 10.1. The molecule has 4 heteroatoms. The van der Waals surface area contributed by atoms with Crippen molar-refractivity contribution in [2.24, 2.45) is 11.7 Å². The van der Waals surface area contributed by atoms with Crippen molar-refractivity contribution >= 4 is 11.9 Å². The van der Waals surface area contributed by atoms with Gasteiger partial charge in [-0.3, -0.25) is 9.59 Å². The molecule has 4 nitrogen and oxygen atoms in total. The SMILES string of the molecule is C=CC(C(N)=O)C(=O)O. The first kappa shape index (κ1) is 7.68. The van der Waals surface area contributed by atoms with E-state index in [9.17, 15) is 9.59 Å². The summed E-state index contributed by atoms with van der Waals surface area (Å²) >= 11 is 0. The molecule has 0 aromatic rings. The summed E-state index contributed by atoms with van der Waals surface area (Å²) in [5, 5.41) is 8.17. The van der Waals surface area contributed by atoms with Crippen LogP contribution in [-0.2, 0) is 9.59 Å². The molecule has 1 unspecified atom stereocenters. The van der Waals surface area contributed by atoms with E-state index >= 15 is 0 Å². The van der Waals surface area contributed by atoms with Crippen molar-refractivity contribution < 1.29 is 14.7 Å². The van der Waals surface area contributed by atoms with E-state index in [-0.39, 0.29) is 0 Å². The lowest BCUT2D eigenvalue weighted by molar-refractivity contribution is -0.143. The van der Waals surface area contributed by atoms with Gasteiger partial charge in [0.1, 0.15) is 0 Å². The van der Waals surface area contributed by atoms with Crippen LogP contribution in [0.15, 0.2) is 12.7 Å². The fourth-order valence-electron chi connectivity index (χ4n) is 0.339. The first-order chi connectivity index (χ1) is 4.09. The monoisotopic (exact) mass is 129 g/mol.